The molecule has 2 aromatic carbocycles. The minimum atomic E-state index is -2.97. The van der Waals surface area contributed by atoms with Crippen LogP contribution in [-0.4, -0.2) is 63.7 Å². The topological polar surface area (TPSA) is 91.1 Å². The summed E-state index contributed by atoms with van der Waals surface area (Å²) in [5.74, 6) is 0.191. The standard InChI is InChI=1S/C23H24F2N4O4/c1-27-20-18(21(31)28(23(27)32)11-6-12-30)29(14-15-7-3-2-4-8-15)19(26-20)16-9-5-10-17(13-16)33-22(24)25/h2-5,7-10,13,22-23,30,32H,6,11-12,14H2,1H3. The van der Waals surface area contributed by atoms with E-state index in [0.717, 1.165) is 5.56 Å². The fraction of sp³-hybridized carbons (Fsp3) is 0.304. The molecule has 0 radical (unpaired) electrons. The Labute approximate surface area is 189 Å². The summed E-state index contributed by atoms with van der Waals surface area (Å²) in [5.41, 5.74) is 1.65. The Bertz CT molecular complexity index is 1120. The maximum absolute atomic E-state index is 13.4. The molecule has 3 aromatic rings. The van der Waals surface area contributed by atoms with E-state index in [1.54, 1.807) is 23.7 Å². The zero-order valence-electron chi connectivity index (χ0n) is 17.9. The number of carbonyl (C=O) groups excluding carboxylic acids is 1. The van der Waals surface area contributed by atoms with Crippen LogP contribution in [0.3, 0.4) is 0 Å². The van der Waals surface area contributed by atoms with Crippen LogP contribution < -0.4 is 9.64 Å². The molecule has 1 aliphatic rings. The van der Waals surface area contributed by atoms with Crippen molar-refractivity contribution in [3.05, 3.63) is 65.9 Å². The molecule has 1 unspecified atom stereocenters. The van der Waals surface area contributed by atoms with E-state index in [1.807, 2.05) is 30.3 Å². The van der Waals surface area contributed by atoms with E-state index in [0.29, 0.717) is 24.4 Å². The highest BCUT2D eigenvalue weighted by molar-refractivity contribution is 6.00. The third kappa shape index (κ3) is 4.53. The average molecular weight is 458 g/mol. The highest BCUT2D eigenvalue weighted by Crippen LogP contribution is 2.35. The predicted octanol–water partition coefficient (Wildman–Crippen LogP) is 2.75. The SMILES string of the molecule is CN1c2nc(-c3cccc(OC(F)F)c3)n(Cc3ccccc3)c2C(=O)N(CCCO)C1O. The Balaban J connectivity index is 1.85. The van der Waals surface area contributed by atoms with Gasteiger partial charge in [0.1, 0.15) is 11.6 Å². The van der Waals surface area contributed by atoms with Gasteiger partial charge in [-0.15, -0.1) is 0 Å². The Morgan fingerprint density at radius 1 is 1.15 bits per heavy atom. The molecule has 4 rings (SSSR count). The molecule has 0 saturated heterocycles. The second kappa shape index (κ2) is 9.55. The first-order valence-electron chi connectivity index (χ1n) is 10.4. The van der Waals surface area contributed by atoms with Crippen molar-refractivity contribution in [2.75, 3.05) is 25.1 Å². The van der Waals surface area contributed by atoms with Crippen LogP contribution in [-0.2, 0) is 6.54 Å². The third-order valence-corrected chi connectivity index (χ3v) is 5.43. The maximum Gasteiger partial charge on any atom is 0.387 e. The molecule has 174 valence electrons. The number of amides is 1. The number of anilines is 1. The zero-order valence-corrected chi connectivity index (χ0v) is 17.9. The fourth-order valence-corrected chi connectivity index (χ4v) is 3.87. The van der Waals surface area contributed by atoms with Crippen LogP contribution in [0.2, 0.25) is 0 Å². The van der Waals surface area contributed by atoms with E-state index in [1.165, 1.54) is 21.9 Å². The van der Waals surface area contributed by atoms with Gasteiger partial charge in [-0.1, -0.05) is 42.5 Å². The minimum Gasteiger partial charge on any atom is -0.435 e. The van der Waals surface area contributed by atoms with Crippen molar-refractivity contribution in [2.24, 2.45) is 0 Å². The van der Waals surface area contributed by atoms with Gasteiger partial charge in [0.25, 0.3) is 5.91 Å². The van der Waals surface area contributed by atoms with Gasteiger partial charge in [-0.2, -0.15) is 8.78 Å². The quantitative estimate of drug-likeness (QED) is 0.540. The summed E-state index contributed by atoms with van der Waals surface area (Å²) in [6, 6.07) is 15.6. The van der Waals surface area contributed by atoms with E-state index in [-0.39, 0.29) is 30.4 Å². The fourth-order valence-electron chi connectivity index (χ4n) is 3.87. The molecule has 1 aliphatic heterocycles. The van der Waals surface area contributed by atoms with Gasteiger partial charge in [0.05, 0.1) is 0 Å². The Kier molecular flexibility index (Phi) is 6.57. The largest absolute Gasteiger partial charge is 0.435 e. The van der Waals surface area contributed by atoms with E-state index < -0.39 is 18.9 Å². The molecule has 2 N–H and O–H groups in total. The first-order valence-corrected chi connectivity index (χ1v) is 10.4. The van der Waals surface area contributed by atoms with Crippen molar-refractivity contribution in [1.82, 2.24) is 14.5 Å². The molecule has 0 aliphatic carbocycles. The molecule has 0 spiro atoms. The van der Waals surface area contributed by atoms with Gasteiger partial charge >= 0.3 is 6.61 Å². The number of aromatic nitrogens is 2. The Morgan fingerprint density at radius 2 is 1.91 bits per heavy atom. The van der Waals surface area contributed by atoms with Crippen LogP contribution in [0.5, 0.6) is 5.75 Å². The molecule has 1 atom stereocenters. The number of nitrogens with zero attached hydrogens (tertiary/aromatic N) is 4. The van der Waals surface area contributed by atoms with Crippen molar-refractivity contribution < 1.29 is 28.5 Å². The van der Waals surface area contributed by atoms with Gasteiger partial charge < -0.3 is 24.4 Å². The number of fused-ring (bicyclic) bond motifs is 1. The third-order valence-electron chi connectivity index (χ3n) is 5.43. The summed E-state index contributed by atoms with van der Waals surface area (Å²) in [6.45, 7) is -2.65. The number of aliphatic hydroxyl groups is 2. The highest BCUT2D eigenvalue weighted by atomic mass is 19.3. The van der Waals surface area contributed by atoms with Gasteiger partial charge in [-0.05, 0) is 24.1 Å². The number of alkyl halides is 2. The van der Waals surface area contributed by atoms with Gasteiger partial charge in [-0.25, -0.2) is 4.98 Å². The van der Waals surface area contributed by atoms with Crippen molar-refractivity contribution in [2.45, 2.75) is 25.9 Å². The van der Waals surface area contributed by atoms with E-state index in [2.05, 4.69) is 9.72 Å². The Morgan fingerprint density at radius 3 is 2.61 bits per heavy atom. The molecule has 1 amide bonds. The number of ether oxygens (including phenoxy) is 1. The lowest BCUT2D eigenvalue weighted by Crippen LogP contribution is -2.54. The second-order valence-corrected chi connectivity index (χ2v) is 7.62. The molecule has 10 heteroatoms. The number of hydrogen-bond acceptors (Lipinski definition) is 6. The highest BCUT2D eigenvalue weighted by Gasteiger charge is 2.39. The lowest BCUT2D eigenvalue weighted by Gasteiger charge is -2.38. The number of carbonyl (C=O) groups is 1. The first kappa shape index (κ1) is 22.7. The lowest BCUT2D eigenvalue weighted by atomic mass is 10.1. The van der Waals surface area contributed by atoms with Crippen LogP contribution in [0.1, 0.15) is 22.5 Å². The molecule has 1 aromatic heterocycles. The van der Waals surface area contributed by atoms with E-state index in [4.69, 9.17) is 0 Å². The lowest BCUT2D eigenvalue weighted by molar-refractivity contribution is -0.0498. The van der Waals surface area contributed by atoms with Crippen LogP contribution in [0.15, 0.2) is 54.6 Å². The van der Waals surface area contributed by atoms with Gasteiger partial charge in [-0.3, -0.25) is 9.69 Å². The number of benzene rings is 2. The maximum atomic E-state index is 13.4. The van der Waals surface area contributed by atoms with Crippen LogP contribution in [0, 0.1) is 0 Å². The Hall–Kier alpha value is -3.50. The molecule has 0 saturated carbocycles. The summed E-state index contributed by atoms with van der Waals surface area (Å²) in [6.07, 6.45) is -0.948. The summed E-state index contributed by atoms with van der Waals surface area (Å²) in [7, 11) is 1.61. The molecular formula is C23H24F2N4O4. The number of aliphatic hydroxyl groups excluding tert-OH is 2. The average Bonchev–Trinajstić information content (AvgIpc) is 3.17. The normalized spacial score (nSPS) is 15.8. The van der Waals surface area contributed by atoms with E-state index in [9.17, 15) is 23.8 Å². The van der Waals surface area contributed by atoms with Gasteiger partial charge in [0.2, 0.25) is 6.35 Å². The number of rotatable bonds is 8. The van der Waals surface area contributed by atoms with Crippen molar-refractivity contribution >= 4 is 11.7 Å². The van der Waals surface area contributed by atoms with E-state index >= 15 is 0 Å². The summed E-state index contributed by atoms with van der Waals surface area (Å²) >= 11 is 0. The molecule has 0 fully saturated rings. The van der Waals surface area contributed by atoms with Crippen molar-refractivity contribution in [3.8, 4) is 17.1 Å². The molecule has 8 nitrogen and oxygen atoms in total. The van der Waals surface area contributed by atoms with Crippen molar-refractivity contribution in [1.29, 1.82) is 0 Å². The molecule has 2 heterocycles. The summed E-state index contributed by atoms with van der Waals surface area (Å²) in [4.78, 5) is 20.8. The van der Waals surface area contributed by atoms with Crippen LogP contribution >= 0.6 is 0 Å². The number of halogens is 2. The number of hydrogen-bond donors (Lipinski definition) is 2. The monoisotopic (exact) mass is 458 g/mol. The predicted molar refractivity (Wildman–Crippen MR) is 117 cm³/mol. The van der Waals surface area contributed by atoms with Crippen LogP contribution in [0.4, 0.5) is 14.6 Å². The van der Waals surface area contributed by atoms with Gasteiger partial charge in [0.15, 0.2) is 11.5 Å². The summed E-state index contributed by atoms with van der Waals surface area (Å²) in [5, 5.41) is 19.9. The second-order valence-electron chi connectivity index (χ2n) is 7.62. The van der Waals surface area contributed by atoms with Gasteiger partial charge in [0, 0.05) is 32.3 Å². The number of imidazole rings is 1. The zero-order chi connectivity index (χ0) is 23.5. The minimum absolute atomic E-state index is 0.0287. The summed E-state index contributed by atoms with van der Waals surface area (Å²) < 4.78 is 31.8. The molecule has 33 heavy (non-hydrogen) atoms. The smallest absolute Gasteiger partial charge is 0.387 e. The van der Waals surface area contributed by atoms with Crippen LogP contribution in [0.25, 0.3) is 11.4 Å². The first-order chi connectivity index (χ1) is 15.9. The molecular weight excluding hydrogens is 434 g/mol. The molecule has 0 bridgehead atoms. The van der Waals surface area contributed by atoms with Crippen molar-refractivity contribution in [3.63, 3.8) is 0 Å².